The second kappa shape index (κ2) is 6.53. The third-order valence-electron chi connectivity index (χ3n) is 1.62. The van der Waals surface area contributed by atoms with Crippen LogP contribution in [0.5, 0.6) is 0 Å². The van der Waals surface area contributed by atoms with Crippen molar-refractivity contribution in [3.8, 4) is 0 Å². The summed E-state index contributed by atoms with van der Waals surface area (Å²) in [6, 6.07) is 0. The van der Waals surface area contributed by atoms with Crippen molar-refractivity contribution >= 4 is 17.6 Å². The van der Waals surface area contributed by atoms with E-state index in [1.165, 1.54) is 0 Å². The molecule has 0 bridgehead atoms. The minimum absolute atomic E-state index is 0.698. The molecule has 0 aliphatic carbocycles. The molecule has 11 heavy (non-hydrogen) atoms. The Morgan fingerprint density at radius 2 is 2.27 bits per heavy atom. The van der Waals surface area contributed by atoms with Gasteiger partial charge in [-0.25, -0.2) is 0 Å². The fraction of sp³-hybridized carbons (Fsp3) is 0.875. The molecule has 0 aromatic carbocycles. The zero-order valence-electron chi connectivity index (χ0n) is 7.63. The fourth-order valence-corrected chi connectivity index (χ4v) is 0.961. The van der Waals surface area contributed by atoms with Gasteiger partial charge < -0.3 is 5.73 Å². The Kier molecular flexibility index (Phi) is 6.42. The zero-order chi connectivity index (χ0) is 8.69. The van der Waals surface area contributed by atoms with Crippen LogP contribution in [-0.4, -0.2) is 23.9 Å². The van der Waals surface area contributed by atoms with Crippen molar-refractivity contribution < 1.29 is 0 Å². The minimum atomic E-state index is 0.698. The Morgan fingerprint density at radius 1 is 1.64 bits per heavy atom. The molecule has 1 unspecified atom stereocenters. The van der Waals surface area contributed by atoms with E-state index in [4.69, 9.17) is 5.73 Å². The van der Waals surface area contributed by atoms with Crippen molar-refractivity contribution in [2.45, 2.75) is 31.9 Å². The van der Waals surface area contributed by atoms with E-state index in [2.05, 4.69) is 18.2 Å². The Hall–Kier alpha value is -0.180. The summed E-state index contributed by atoms with van der Waals surface area (Å²) in [4.78, 5) is 4.21. The Morgan fingerprint density at radius 3 is 2.73 bits per heavy atom. The predicted molar refractivity (Wildman–Crippen MR) is 54.4 cm³/mol. The van der Waals surface area contributed by atoms with Crippen molar-refractivity contribution in [3.63, 3.8) is 0 Å². The Balaban J connectivity index is 3.39. The van der Waals surface area contributed by atoms with Gasteiger partial charge in [-0.15, -0.1) is 0 Å². The lowest BCUT2D eigenvalue weighted by atomic mass is 10.3. The van der Waals surface area contributed by atoms with Crippen molar-refractivity contribution in [2.75, 3.05) is 12.8 Å². The number of hydrogen-bond acceptors (Lipinski definition) is 2. The number of hydrogen-bond donors (Lipinski definition) is 1. The summed E-state index contributed by atoms with van der Waals surface area (Å²) in [5.41, 5.74) is 5.54. The molecule has 0 fully saturated rings. The Labute approximate surface area is 73.7 Å². The van der Waals surface area contributed by atoms with Crippen LogP contribution in [0.25, 0.3) is 0 Å². The molecule has 3 heteroatoms. The van der Waals surface area contributed by atoms with E-state index in [-0.39, 0.29) is 0 Å². The first kappa shape index (κ1) is 10.8. The molecule has 1 atom stereocenters. The molecular weight excluding hydrogens is 156 g/mol. The van der Waals surface area contributed by atoms with E-state index in [0.717, 1.165) is 25.2 Å². The standard InChI is InChI=1S/C8H18N2S/c1-4-8(9)10-6-5-7(2)11-3/h7H,4-6H2,1-3H3,(H2,9,10). The molecule has 66 valence electrons. The van der Waals surface area contributed by atoms with Gasteiger partial charge in [0.05, 0.1) is 5.84 Å². The Bertz CT molecular complexity index is 123. The van der Waals surface area contributed by atoms with Gasteiger partial charge in [0.25, 0.3) is 0 Å². The number of rotatable bonds is 5. The van der Waals surface area contributed by atoms with Crippen molar-refractivity contribution in [2.24, 2.45) is 10.7 Å². The summed E-state index contributed by atoms with van der Waals surface area (Å²) < 4.78 is 0. The lowest BCUT2D eigenvalue weighted by Crippen LogP contribution is -2.11. The van der Waals surface area contributed by atoms with E-state index in [9.17, 15) is 0 Å². The van der Waals surface area contributed by atoms with Gasteiger partial charge in [-0.2, -0.15) is 11.8 Å². The monoisotopic (exact) mass is 174 g/mol. The van der Waals surface area contributed by atoms with Crippen molar-refractivity contribution in [3.05, 3.63) is 0 Å². The van der Waals surface area contributed by atoms with Crippen LogP contribution in [0.15, 0.2) is 4.99 Å². The van der Waals surface area contributed by atoms with Gasteiger partial charge in [-0.1, -0.05) is 13.8 Å². The molecule has 0 aliphatic rings. The normalized spacial score (nSPS) is 15.0. The molecule has 0 aromatic heterocycles. The van der Waals surface area contributed by atoms with Gasteiger partial charge in [0.2, 0.25) is 0 Å². The predicted octanol–water partition coefficient (Wildman–Crippen LogP) is 1.90. The number of nitrogens with two attached hydrogens (primary N) is 1. The molecule has 2 nitrogen and oxygen atoms in total. The first-order chi connectivity index (χ1) is 5.20. The van der Waals surface area contributed by atoms with Crippen LogP contribution in [0.2, 0.25) is 0 Å². The minimum Gasteiger partial charge on any atom is -0.387 e. The molecule has 0 spiro atoms. The highest BCUT2D eigenvalue weighted by atomic mass is 32.2. The highest BCUT2D eigenvalue weighted by Gasteiger charge is 1.96. The maximum Gasteiger partial charge on any atom is 0.0934 e. The lowest BCUT2D eigenvalue weighted by Gasteiger charge is -2.04. The van der Waals surface area contributed by atoms with Gasteiger partial charge in [0.15, 0.2) is 0 Å². The van der Waals surface area contributed by atoms with E-state index in [0.29, 0.717) is 5.25 Å². The van der Waals surface area contributed by atoms with Crippen molar-refractivity contribution in [1.82, 2.24) is 0 Å². The van der Waals surface area contributed by atoms with Crippen molar-refractivity contribution in [1.29, 1.82) is 0 Å². The molecule has 0 saturated carbocycles. The second-order valence-corrected chi connectivity index (χ2v) is 3.84. The summed E-state index contributed by atoms with van der Waals surface area (Å²) in [6.45, 7) is 5.11. The summed E-state index contributed by atoms with van der Waals surface area (Å²) in [5, 5.41) is 0.698. The van der Waals surface area contributed by atoms with Crippen LogP contribution in [0.1, 0.15) is 26.7 Å². The number of thioether (sulfide) groups is 1. The molecule has 0 amide bonds. The van der Waals surface area contributed by atoms with E-state index >= 15 is 0 Å². The topological polar surface area (TPSA) is 38.4 Å². The molecule has 0 saturated heterocycles. The van der Waals surface area contributed by atoms with Crippen LogP contribution in [-0.2, 0) is 0 Å². The van der Waals surface area contributed by atoms with Gasteiger partial charge >= 0.3 is 0 Å². The SMILES string of the molecule is CCC(N)=NCCC(C)SC. The average Bonchev–Trinajstić information content (AvgIpc) is 2.04. The zero-order valence-corrected chi connectivity index (χ0v) is 8.45. The third kappa shape index (κ3) is 6.23. The maximum atomic E-state index is 5.54. The summed E-state index contributed by atoms with van der Waals surface area (Å²) in [7, 11) is 0. The van der Waals surface area contributed by atoms with Crippen LogP contribution in [0.3, 0.4) is 0 Å². The van der Waals surface area contributed by atoms with Crippen LogP contribution < -0.4 is 5.73 Å². The summed E-state index contributed by atoms with van der Waals surface area (Å²) in [6.07, 6.45) is 4.12. The van der Waals surface area contributed by atoms with E-state index in [1.54, 1.807) is 0 Å². The number of amidine groups is 1. The molecule has 0 aromatic rings. The number of nitrogens with zero attached hydrogens (tertiary/aromatic N) is 1. The first-order valence-electron chi connectivity index (χ1n) is 4.02. The lowest BCUT2D eigenvalue weighted by molar-refractivity contribution is 0.822. The highest BCUT2D eigenvalue weighted by Crippen LogP contribution is 2.08. The molecule has 0 heterocycles. The summed E-state index contributed by atoms with van der Waals surface area (Å²) >= 11 is 1.87. The molecule has 0 radical (unpaired) electrons. The van der Waals surface area contributed by atoms with Gasteiger partial charge in [0.1, 0.15) is 0 Å². The van der Waals surface area contributed by atoms with Crippen LogP contribution >= 0.6 is 11.8 Å². The van der Waals surface area contributed by atoms with E-state index in [1.807, 2.05) is 18.7 Å². The molecule has 2 N–H and O–H groups in total. The van der Waals surface area contributed by atoms with Crippen LogP contribution in [0, 0.1) is 0 Å². The molecular formula is C8H18N2S. The largest absolute Gasteiger partial charge is 0.387 e. The fourth-order valence-electron chi connectivity index (χ4n) is 0.620. The van der Waals surface area contributed by atoms with Gasteiger partial charge in [-0.05, 0) is 12.7 Å². The van der Waals surface area contributed by atoms with Crippen LogP contribution in [0.4, 0.5) is 0 Å². The maximum absolute atomic E-state index is 5.54. The van der Waals surface area contributed by atoms with E-state index < -0.39 is 0 Å². The molecule has 0 aliphatic heterocycles. The number of aliphatic imine (C=N–C) groups is 1. The molecule has 0 rings (SSSR count). The van der Waals surface area contributed by atoms with Gasteiger partial charge in [-0.3, -0.25) is 4.99 Å². The van der Waals surface area contributed by atoms with Gasteiger partial charge in [0, 0.05) is 18.2 Å². The summed E-state index contributed by atoms with van der Waals surface area (Å²) in [5.74, 6) is 0.776. The smallest absolute Gasteiger partial charge is 0.0934 e. The first-order valence-corrected chi connectivity index (χ1v) is 5.31. The third-order valence-corrected chi connectivity index (χ3v) is 2.66. The highest BCUT2D eigenvalue weighted by molar-refractivity contribution is 7.99. The second-order valence-electron chi connectivity index (χ2n) is 2.56. The quantitative estimate of drug-likeness (QED) is 0.510. The average molecular weight is 174 g/mol.